The smallest absolute Gasteiger partial charge is 0.411 e. The molecule has 0 spiro atoms. The molecule has 3 aliphatic heterocycles. The molecule has 0 radical (unpaired) electrons. The fourth-order valence-corrected chi connectivity index (χ4v) is 6.83. The molecule has 3 aliphatic rings. The van der Waals surface area contributed by atoms with E-state index in [4.69, 9.17) is 14.4 Å². The Kier molecular flexibility index (Phi) is 5.23. The monoisotopic (exact) mass is 494 g/mol. The minimum atomic E-state index is -4.80. The molecule has 5 atom stereocenters. The van der Waals surface area contributed by atoms with Crippen LogP contribution in [0.3, 0.4) is 0 Å². The van der Waals surface area contributed by atoms with Crippen LogP contribution in [0.5, 0.6) is 0 Å². The molecule has 0 aliphatic carbocycles. The molecule has 0 aromatic heterocycles. The maximum Gasteiger partial charge on any atom is 0.417 e. The molecule has 2 amide bonds. The zero-order chi connectivity index (χ0) is 25.6. The number of amides is 2. The fourth-order valence-electron chi connectivity index (χ4n) is 5.45. The first-order valence-corrected chi connectivity index (χ1v) is 14.2. The number of carbonyl (C=O) groups is 2. The van der Waals surface area contributed by atoms with Crippen molar-refractivity contribution in [2.24, 2.45) is 11.8 Å². The molecule has 0 unspecified atom stereocenters. The number of rotatable bonds is 3. The van der Waals surface area contributed by atoms with Crippen LogP contribution in [-0.2, 0) is 24.9 Å². The van der Waals surface area contributed by atoms with Crippen LogP contribution in [0.4, 0.5) is 18.9 Å². The van der Waals surface area contributed by atoms with Crippen molar-refractivity contribution in [1.82, 2.24) is 0 Å². The second-order valence-electron chi connectivity index (χ2n) is 11.5. The Labute approximate surface area is 198 Å². The van der Waals surface area contributed by atoms with Gasteiger partial charge in [0.15, 0.2) is 8.32 Å². The van der Waals surface area contributed by atoms with E-state index in [-0.39, 0.29) is 10.7 Å². The van der Waals surface area contributed by atoms with Crippen molar-refractivity contribution in [3.05, 3.63) is 29.3 Å². The first-order valence-electron chi connectivity index (χ1n) is 11.2. The number of benzene rings is 1. The van der Waals surface area contributed by atoms with Crippen LogP contribution in [0, 0.1) is 23.2 Å². The molecule has 0 N–H and O–H groups in total. The molecule has 10 heteroatoms. The van der Waals surface area contributed by atoms with E-state index >= 15 is 0 Å². The predicted octanol–water partition coefficient (Wildman–Crippen LogP) is 5.02. The van der Waals surface area contributed by atoms with Crippen LogP contribution in [0.25, 0.3) is 0 Å². The lowest BCUT2D eigenvalue weighted by Crippen LogP contribution is -2.55. The Bertz CT molecular complexity index is 1120. The third-order valence-electron chi connectivity index (χ3n) is 8.19. The highest BCUT2D eigenvalue weighted by atomic mass is 28.4. The molecule has 34 heavy (non-hydrogen) atoms. The van der Waals surface area contributed by atoms with Gasteiger partial charge in [0.05, 0.1) is 46.4 Å². The number of fused-ring (bicyclic) bond motifs is 5. The summed E-state index contributed by atoms with van der Waals surface area (Å²) in [6.07, 6.45) is -4.79. The highest BCUT2D eigenvalue weighted by Crippen LogP contribution is 2.62. The topological polar surface area (TPSA) is 79.6 Å². The number of ether oxygens (including phenoxy) is 1. The molecule has 3 saturated heterocycles. The summed E-state index contributed by atoms with van der Waals surface area (Å²) in [5, 5.41) is 8.99. The average molecular weight is 495 g/mol. The van der Waals surface area contributed by atoms with Gasteiger partial charge in [0, 0.05) is 6.42 Å². The van der Waals surface area contributed by atoms with Crippen LogP contribution in [-0.4, -0.2) is 37.4 Å². The van der Waals surface area contributed by atoms with Crippen LogP contribution >= 0.6 is 0 Å². The number of halogens is 3. The van der Waals surface area contributed by atoms with Gasteiger partial charge >= 0.3 is 6.18 Å². The van der Waals surface area contributed by atoms with Gasteiger partial charge in [-0.05, 0) is 50.2 Å². The number of alkyl halides is 3. The third kappa shape index (κ3) is 3.35. The van der Waals surface area contributed by atoms with E-state index in [1.54, 1.807) is 13.8 Å². The maximum absolute atomic E-state index is 13.6. The number of hydrogen-bond acceptors (Lipinski definition) is 5. The van der Waals surface area contributed by atoms with Gasteiger partial charge in [-0.1, -0.05) is 20.8 Å². The van der Waals surface area contributed by atoms with E-state index in [2.05, 4.69) is 33.9 Å². The molecule has 6 nitrogen and oxygen atoms in total. The summed E-state index contributed by atoms with van der Waals surface area (Å²) >= 11 is 0. The van der Waals surface area contributed by atoms with Crippen molar-refractivity contribution in [2.45, 2.75) is 82.7 Å². The van der Waals surface area contributed by atoms with E-state index in [0.29, 0.717) is 12.5 Å². The number of anilines is 1. The molecule has 3 fully saturated rings. The van der Waals surface area contributed by atoms with Gasteiger partial charge in [0.25, 0.3) is 0 Å². The Morgan fingerprint density at radius 3 is 2.26 bits per heavy atom. The van der Waals surface area contributed by atoms with Gasteiger partial charge in [-0.3, -0.25) is 9.59 Å². The first kappa shape index (κ1) is 24.9. The minimum absolute atomic E-state index is 0.0798. The van der Waals surface area contributed by atoms with Crippen molar-refractivity contribution in [3.8, 4) is 6.07 Å². The Morgan fingerprint density at radius 2 is 1.74 bits per heavy atom. The van der Waals surface area contributed by atoms with Crippen LogP contribution in [0.15, 0.2) is 18.2 Å². The van der Waals surface area contributed by atoms with Gasteiger partial charge < -0.3 is 9.16 Å². The molecular formula is C24H29F3N2O4Si. The normalized spacial score (nSPS) is 33.4. The molecule has 4 rings (SSSR count). The van der Waals surface area contributed by atoms with Crippen LogP contribution in [0.1, 0.15) is 52.2 Å². The van der Waals surface area contributed by atoms with Crippen molar-refractivity contribution < 1.29 is 31.9 Å². The average Bonchev–Trinajstić information content (AvgIpc) is 3.20. The summed E-state index contributed by atoms with van der Waals surface area (Å²) in [6.45, 7) is 14.1. The van der Waals surface area contributed by atoms with Gasteiger partial charge in [-0.2, -0.15) is 18.4 Å². The quantitative estimate of drug-likeness (QED) is 0.435. The summed E-state index contributed by atoms with van der Waals surface area (Å²) < 4.78 is 53.5. The van der Waals surface area contributed by atoms with Gasteiger partial charge in [-0.25, -0.2) is 4.90 Å². The second-order valence-corrected chi connectivity index (χ2v) is 16.2. The molecule has 2 bridgehead atoms. The van der Waals surface area contributed by atoms with Gasteiger partial charge in [0.2, 0.25) is 11.8 Å². The summed E-state index contributed by atoms with van der Waals surface area (Å²) in [5.41, 5.74) is -3.98. The molecule has 184 valence electrons. The fraction of sp³-hybridized carbons (Fsp3) is 0.625. The zero-order valence-corrected chi connectivity index (χ0v) is 21.3. The lowest BCUT2D eigenvalue weighted by Gasteiger charge is -2.44. The van der Waals surface area contributed by atoms with Crippen molar-refractivity contribution in [1.29, 1.82) is 5.26 Å². The SMILES string of the molecule is CC(C)(C)[Si](C)(C)O[C@H]1C[C@@]2(C)O[C@]1(C)[C@@H]1C(=O)N(c3ccc(C#N)c(C(F)(F)F)c3)C(=O)[C@@H]12. The molecular weight excluding hydrogens is 465 g/mol. The van der Waals surface area contributed by atoms with Crippen LogP contribution < -0.4 is 4.90 Å². The van der Waals surface area contributed by atoms with Crippen molar-refractivity contribution >= 4 is 25.8 Å². The highest BCUT2D eigenvalue weighted by molar-refractivity contribution is 6.74. The van der Waals surface area contributed by atoms with E-state index in [1.165, 1.54) is 12.1 Å². The summed E-state index contributed by atoms with van der Waals surface area (Å²) in [4.78, 5) is 27.9. The lowest BCUT2D eigenvalue weighted by molar-refractivity contribution is -0.138. The number of hydrogen-bond donors (Lipinski definition) is 0. The maximum atomic E-state index is 13.6. The lowest BCUT2D eigenvalue weighted by atomic mass is 9.67. The molecule has 1 aromatic rings. The summed E-state index contributed by atoms with van der Waals surface area (Å²) in [6, 6.07) is 4.42. The number of nitrogens with zero attached hydrogens (tertiary/aromatic N) is 2. The Morgan fingerprint density at radius 1 is 1.15 bits per heavy atom. The predicted molar refractivity (Wildman–Crippen MR) is 120 cm³/mol. The van der Waals surface area contributed by atoms with Crippen molar-refractivity contribution in [2.75, 3.05) is 4.90 Å². The standard InChI is InChI=1S/C24H29F3N2O4Si/c1-21(2,3)34(6,7)32-16-11-22(4)17-18(23(16,5)33-22)20(31)29(19(17)30)14-9-8-13(12-28)15(10-14)24(25,26)27/h8-10,16-18H,11H2,1-7H3/t16-,17+,18-,22+,23-/m0/s1. The molecule has 1 aromatic carbocycles. The second kappa shape index (κ2) is 7.15. The Balaban J connectivity index is 1.73. The molecule has 3 heterocycles. The zero-order valence-electron chi connectivity index (χ0n) is 20.3. The number of imide groups is 1. The molecule has 0 saturated carbocycles. The van der Waals surface area contributed by atoms with Gasteiger partial charge in [-0.15, -0.1) is 0 Å². The van der Waals surface area contributed by atoms with Crippen molar-refractivity contribution in [3.63, 3.8) is 0 Å². The number of carbonyl (C=O) groups excluding carboxylic acids is 2. The third-order valence-corrected chi connectivity index (χ3v) is 12.7. The van der Waals surface area contributed by atoms with E-state index in [1.807, 2.05) is 0 Å². The summed E-state index contributed by atoms with van der Waals surface area (Å²) in [5.74, 6) is -2.85. The Hall–Kier alpha value is -2.22. The van der Waals surface area contributed by atoms with E-state index in [0.717, 1.165) is 11.0 Å². The summed E-state index contributed by atoms with van der Waals surface area (Å²) in [7, 11) is -2.24. The van der Waals surface area contributed by atoms with E-state index in [9.17, 15) is 22.8 Å². The highest BCUT2D eigenvalue weighted by Gasteiger charge is 2.76. The minimum Gasteiger partial charge on any atom is -0.411 e. The number of nitriles is 1. The largest absolute Gasteiger partial charge is 0.417 e. The van der Waals surface area contributed by atoms with Crippen LogP contribution in [0.2, 0.25) is 18.1 Å². The van der Waals surface area contributed by atoms with E-state index < -0.39 is 66.6 Å². The van der Waals surface area contributed by atoms with Gasteiger partial charge in [0.1, 0.15) is 5.60 Å². The first-order chi connectivity index (χ1) is 15.4.